The highest BCUT2D eigenvalue weighted by Crippen LogP contribution is 2.25. The van der Waals surface area contributed by atoms with Crippen molar-refractivity contribution in [3.63, 3.8) is 0 Å². The number of pyridine rings is 1. The van der Waals surface area contributed by atoms with E-state index >= 15 is 0 Å². The van der Waals surface area contributed by atoms with Crippen molar-refractivity contribution in [2.75, 3.05) is 0 Å². The van der Waals surface area contributed by atoms with Crippen molar-refractivity contribution in [3.8, 4) is 0 Å². The van der Waals surface area contributed by atoms with Gasteiger partial charge in [-0.25, -0.2) is 8.78 Å². The first-order valence-corrected chi connectivity index (χ1v) is 3.86. The van der Waals surface area contributed by atoms with Crippen LogP contribution in [0.1, 0.15) is 17.6 Å². The molecule has 0 radical (unpaired) electrons. The van der Waals surface area contributed by atoms with E-state index in [9.17, 15) is 23.7 Å². The van der Waals surface area contributed by atoms with Crippen LogP contribution >= 0.6 is 0 Å². The van der Waals surface area contributed by atoms with E-state index in [1.807, 2.05) is 4.98 Å². The Hall–Kier alpha value is -1.83. The summed E-state index contributed by atoms with van der Waals surface area (Å²) in [5.74, 6) is 0. The molecule has 1 heterocycles. The molecule has 0 atom stereocenters. The van der Waals surface area contributed by atoms with Crippen molar-refractivity contribution in [1.82, 2.24) is 4.98 Å². The summed E-state index contributed by atoms with van der Waals surface area (Å²) >= 11 is 0. The normalized spacial score (nSPS) is 10.7. The van der Waals surface area contributed by atoms with E-state index in [4.69, 9.17) is 5.73 Å². The number of halogens is 2. The lowest BCUT2D eigenvalue weighted by molar-refractivity contribution is -0.386. The fraction of sp³-hybridized carbons (Fsp3) is 0.286. The molecule has 1 rings (SSSR count). The van der Waals surface area contributed by atoms with Gasteiger partial charge in [-0.2, -0.15) is 0 Å². The smallest absolute Gasteiger partial charge is 0.290 e. The average molecular weight is 219 g/mol. The number of alkyl halides is 2. The van der Waals surface area contributed by atoms with Crippen LogP contribution in [0.3, 0.4) is 0 Å². The number of nitrogens with one attached hydrogen (secondary N) is 1. The Kier molecular flexibility index (Phi) is 3.10. The van der Waals surface area contributed by atoms with Crippen LogP contribution in [0.2, 0.25) is 0 Å². The second-order valence-corrected chi connectivity index (χ2v) is 2.66. The molecule has 0 aromatic carbocycles. The molecule has 0 bridgehead atoms. The van der Waals surface area contributed by atoms with E-state index in [0.29, 0.717) is 0 Å². The summed E-state index contributed by atoms with van der Waals surface area (Å²) < 4.78 is 24.8. The molecular formula is C7H7F2N3O3. The zero-order chi connectivity index (χ0) is 11.6. The van der Waals surface area contributed by atoms with Crippen molar-refractivity contribution >= 4 is 5.69 Å². The second-order valence-electron chi connectivity index (χ2n) is 2.66. The Morgan fingerprint density at radius 1 is 1.60 bits per heavy atom. The molecule has 0 spiro atoms. The van der Waals surface area contributed by atoms with Gasteiger partial charge in [0.05, 0.1) is 22.2 Å². The average Bonchev–Trinajstić information content (AvgIpc) is 2.15. The number of hydrogen-bond acceptors (Lipinski definition) is 4. The fourth-order valence-electron chi connectivity index (χ4n) is 1.18. The molecule has 0 fully saturated rings. The van der Waals surface area contributed by atoms with E-state index in [2.05, 4.69) is 0 Å². The molecule has 0 aliphatic heterocycles. The lowest BCUT2D eigenvalue weighted by Crippen LogP contribution is -2.19. The Balaban J connectivity index is 3.54. The third kappa shape index (κ3) is 1.99. The summed E-state index contributed by atoms with van der Waals surface area (Å²) in [7, 11) is 0. The highest BCUT2D eigenvalue weighted by Gasteiger charge is 2.24. The van der Waals surface area contributed by atoms with Gasteiger partial charge in [-0.15, -0.1) is 0 Å². The quantitative estimate of drug-likeness (QED) is 0.576. The number of aromatic amines is 1. The van der Waals surface area contributed by atoms with Gasteiger partial charge >= 0.3 is 0 Å². The molecule has 15 heavy (non-hydrogen) atoms. The standard InChI is InChI=1S/C7H7F2N3O3/c8-6(9)5-3(1-10)4(12(14)15)2-11-7(5)13/h2,6H,1,10H2,(H,11,13). The molecule has 0 aliphatic carbocycles. The number of nitrogens with zero attached hydrogens (tertiary/aromatic N) is 1. The minimum absolute atomic E-state index is 0.432. The van der Waals surface area contributed by atoms with E-state index in [-0.39, 0.29) is 0 Å². The van der Waals surface area contributed by atoms with Crippen molar-refractivity contribution in [1.29, 1.82) is 0 Å². The van der Waals surface area contributed by atoms with Gasteiger partial charge in [0.15, 0.2) is 0 Å². The Bertz CT molecular complexity index is 444. The predicted octanol–water partition coefficient (Wildman–Crippen LogP) is 0.679. The molecule has 0 amide bonds. The molecule has 0 saturated carbocycles. The van der Waals surface area contributed by atoms with Crippen molar-refractivity contribution in [3.05, 3.63) is 37.8 Å². The zero-order valence-electron chi connectivity index (χ0n) is 7.37. The van der Waals surface area contributed by atoms with Crippen LogP contribution in [0.5, 0.6) is 0 Å². The van der Waals surface area contributed by atoms with Gasteiger partial charge in [-0.1, -0.05) is 0 Å². The first-order valence-electron chi connectivity index (χ1n) is 3.86. The van der Waals surface area contributed by atoms with E-state index < -0.39 is 40.3 Å². The van der Waals surface area contributed by atoms with Gasteiger partial charge in [0, 0.05) is 6.54 Å². The van der Waals surface area contributed by atoms with Crippen molar-refractivity contribution < 1.29 is 13.7 Å². The molecule has 0 saturated heterocycles. The zero-order valence-corrected chi connectivity index (χ0v) is 7.37. The highest BCUT2D eigenvalue weighted by atomic mass is 19.3. The van der Waals surface area contributed by atoms with Gasteiger partial charge < -0.3 is 10.7 Å². The largest absolute Gasteiger partial charge is 0.326 e. The summed E-state index contributed by atoms with van der Waals surface area (Å²) in [5, 5.41) is 10.4. The Morgan fingerprint density at radius 3 is 2.60 bits per heavy atom. The summed E-state index contributed by atoms with van der Waals surface area (Å²) in [6.07, 6.45) is -2.33. The number of aromatic nitrogens is 1. The summed E-state index contributed by atoms with van der Waals surface area (Å²) in [5.41, 5.74) is 2.07. The predicted molar refractivity (Wildman–Crippen MR) is 46.6 cm³/mol. The molecule has 82 valence electrons. The fourth-order valence-corrected chi connectivity index (χ4v) is 1.18. The second kappa shape index (κ2) is 4.13. The Morgan fingerprint density at radius 2 is 2.20 bits per heavy atom. The van der Waals surface area contributed by atoms with Crippen LogP contribution in [0.4, 0.5) is 14.5 Å². The number of nitrogens with two attached hydrogens (primary N) is 1. The topological polar surface area (TPSA) is 102 Å². The molecule has 0 aliphatic rings. The molecule has 8 heteroatoms. The maximum absolute atomic E-state index is 12.4. The number of H-pyrrole nitrogens is 1. The van der Waals surface area contributed by atoms with Crippen LogP contribution in [-0.4, -0.2) is 9.91 Å². The van der Waals surface area contributed by atoms with Crippen LogP contribution < -0.4 is 11.3 Å². The van der Waals surface area contributed by atoms with Crippen LogP contribution in [0.25, 0.3) is 0 Å². The first-order chi connectivity index (χ1) is 6.99. The monoisotopic (exact) mass is 219 g/mol. The van der Waals surface area contributed by atoms with Crippen LogP contribution in [0.15, 0.2) is 11.0 Å². The van der Waals surface area contributed by atoms with E-state index in [1.54, 1.807) is 0 Å². The third-order valence-electron chi connectivity index (χ3n) is 1.84. The number of rotatable bonds is 3. The van der Waals surface area contributed by atoms with Gasteiger partial charge in [0.1, 0.15) is 0 Å². The highest BCUT2D eigenvalue weighted by molar-refractivity contribution is 5.43. The molecule has 0 unspecified atom stereocenters. The van der Waals surface area contributed by atoms with Gasteiger partial charge in [0.25, 0.3) is 17.7 Å². The van der Waals surface area contributed by atoms with Gasteiger partial charge in [-0.05, 0) is 0 Å². The molecule has 1 aromatic rings. The third-order valence-corrected chi connectivity index (χ3v) is 1.84. The molecular weight excluding hydrogens is 212 g/mol. The molecule has 1 aromatic heterocycles. The maximum Gasteiger partial charge on any atom is 0.290 e. The van der Waals surface area contributed by atoms with Gasteiger partial charge in [-0.3, -0.25) is 14.9 Å². The molecule has 6 nitrogen and oxygen atoms in total. The maximum atomic E-state index is 12.4. The minimum atomic E-state index is -3.09. The minimum Gasteiger partial charge on any atom is -0.326 e. The summed E-state index contributed by atoms with van der Waals surface area (Å²) in [6, 6.07) is 0. The molecule has 3 N–H and O–H groups in total. The van der Waals surface area contributed by atoms with Crippen molar-refractivity contribution in [2.45, 2.75) is 13.0 Å². The lowest BCUT2D eigenvalue weighted by Gasteiger charge is -2.05. The number of nitro groups is 1. The van der Waals surface area contributed by atoms with Crippen LogP contribution in [-0.2, 0) is 6.54 Å². The Labute approximate surface area is 81.9 Å². The summed E-state index contributed by atoms with van der Waals surface area (Å²) in [4.78, 5) is 22.5. The SMILES string of the molecule is NCc1c([N+](=O)[O-])c[nH]c(=O)c1C(F)F. The van der Waals surface area contributed by atoms with Gasteiger partial charge in [0.2, 0.25) is 0 Å². The van der Waals surface area contributed by atoms with E-state index in [0.717, 1.165) is 6.20 Å². The van der Waals surface area contributed by atoms with Crippen molar-refractivity contribution in [2.24, 2.45) is 5.73 Å². The van der Waals surface area contributed by atoms with E-state index in [1.165, 1.54) is 0 Å². The summed E-state index contributed by atoms with van der Waals surface area (Å²) in [6.45, 7) is -0.486. The van der Waals surface area contributed by atoms with Crippen LogP contribution in [0, 0.1) is 10.1 Å². The first kappa shape index (κ1) is 11.2. The lowest BCUT2D eigenvalue weighted by atomic mass is 10.1. The number of hydrogen-bond donors (Lipinski definition) is 2.